The van der Waals surface area contributed by atoms with Gasteiger partial charge in [-0.1, -0.05) is 87.2 Å². The number of aryl methyl sites for hydroxylation is 2. The Morgan fingerprint density at radius 3 is 1.96 bits per heavy atom. The molecule has 0 aliphatic heterocycles. The van der Waals surface area contributed by atoms with Gasteiger partial charge < -0.3 is 0 Å². The third-order valence-corrected chi connectivity index (χ3v) is 7.28. The second kappa shape index (κ2) is 6.74. The van der Waals surface area contributed by atoms with E-state index in [1.54, 1.807) is 0 Å². The summed E-state index contributed by atoms with van der Waals surface area (Å²) in [4.78, 5) is 0. The molecular weight excluding hydrogens is 404 g/mol. The van der Waals surface area contributed by atoms with Gasteiger partial charge in [-0.15, -0.1) is 0 Å². The van der Waals surface area contributed by atoms with E-state index >= 15 is 0 Å². The van der Waals surface area contributed by atoms with Crippen LogP contribution in [0.4, 0.5) is 0 Å². The Morgan fingerprint density at radius 2 is 1.32 bits per heavy atom. The zero-order chi connectivity index (χ0) is 19.4. The van der Waals surface area contributed by atoms with Gasteiger partial charge in [-0.25, -0.2) is 0 Å². The van der Waals surface area contributed by atoms with Crippen LogP contribution in [0, 0.1) is 13.8 Å². The standard InChI is InChI=1S/C27H25Br/c1-16-7-9-22-21(23-10-8-17(2)14-25(23)24(22)13-16)12-11-19-18(3)15-26-20(19)5-4-6-27(26)28/h4-10,13-15,19,21H,11-12H2,1-3H3. The van der Waals surface area contributed by atoms with E-state index in [9.17, 15) is 0 Å². The van der Waals surface area contributed by atoms with Crippen molar-refractivity contribution in [2.24, 2.45) is 0 Å². The summed E-state index contributed by atoms with van der Waals surface area (Å²) in [6, 6.07) is 20.7. The summed E-state index contributed by atoms with van der Waals surface area (Å²) in [5, 5.41) is 0. The molecule has 5 rings (SSSR count). The molecule has 0 saturated heterocycles. The zero-order valence-electron chi connectivity index (χ0n) is 16.7. The SMILES string of the molecule is CC1=Cc2c(Br)cccc2C1CCC1c2ccc(C)cc2-c2cc(C)ccc21. The molecule has 0 bridgehead atoms. The van der Waals surface area contributed by atoms with Crippen molar-refractivity contribution in [3.63, 3.8) is 0 Å². The minimum Gasteiger partial charge on any atom is -0.0652 e. The van der Waals surface area contributed by atoms with Crippen LogP contribution in [0.15, 0.2) is 64.6 Å². The second-order valence-corrected chi connectivity index (χ2v) is 9.35. The summed E-state index contributed by atoms with van der Waals surface area (Å²) in [6.45, 7) is 6.69. The summed E-state index contributed by atoms with van der Waals surface area (Å²) in [7, 11) is 0. The number of fused-ring (bicyclic) bond motifs is 4. The van der Waals surface area contributed by atoms with E-state index in [1.807, 2.05) is 0 Å². The van der Waals surface area contributed by atoms with Crippen LogP contribution < -0.4 is 0 Å². The molecule has 0 fully saturated rings. The van der Waals surface area contributed by atoms with Crippen molar-refractivity contribution in [2.45, 2.75) is 45.4 Å². The first-order chi connectivity index (χ1) is 13.5. The molecule has 28 heavy (non-hydrogen) atoms. The van der Waals surface area contributed by atoms with Crippen LogP contribution in [0.1, 0.15) is 65.0 Å². The first-order valence-corrected chi connectivity index (χ1v) is 11.0. The quantitative estimate of drug-likeness (QED) is 0.394. The van der Waals surface area contributed by atoms with Gasteiger partial charge in [0.1, 0.15) is 0 Å². The molecule has 1 unspecified atom stereocenters. The van der Waals surface area contributed by atoms with Crippen molar-refractivity contribution in [1.29, 1.82) is 0 Å². The molecule has 0 aromatic heterocycles. The summed E-state index contributed by atoms with van der Waals surface area (Å²) >= 11 is 3.73. The van der Waals surface area contributed by atoms with Crippen LogP contribution in [0.3, 0.4) is 0 Å². The van der Waals surface area contributed by atoms with Gasteiger partial charge >= 0.3 is 0 Å². The number of benzene rings is 3. The summed E-state index contributed by atoms with van der Waals surface area (Å²) in [5.41, 5.74) is 13.0. The van der Waals surface area contributed by atoms with Crippen LogP contribution in [-0.2, 0) is 0 Å². The summed E-state index contributed by atoms with van der Waals surface area (Å²) in [6.07, 6.45) is 4.75. The van der Waals surface area contributed by atoms with Gasteiger partial charge in [0.15, 0.2) is 0 Å². The summed E-state index contributed by atoms with van der Waals surface area (Å²) < 4.78 is 1.22. The highest BCUT2D eigenvalue weighted by Gasteiger charge is 2.31. The number of hydrogen-bond acceptors (Lipinski definition) is 0. The largest absolute Gasteiger partial charge is 0.0652 e. The average Bonchev–Trinajstić information content (AvgIpc) is 3.15. The minimum absolute atomic E-state index is 0.509. The highest BCUT2D eigenvalue weighted by molar-refractivity contribution is 9.10. The van der Waals surface area contributed by atoms with Gasteiger partial charge in [0, 0.05) is 16.3 Å². The zero-order valence-corrected chi connectivity index (χ0v) is 18.3. The molecule has 0 nitrogen and oxygen atoms in total. The monoisotopic (exact) mass is 428 g/mol. The molecule has 0 spiro atoms. The fraction of sp³-hybridized carbons (Fsp3) is 0.259. The molecule has 1 atom stereocenters. The van der Waals surface area contributed by atoms with E-state index in [0.29, 0.717) is 11.8 Å². The van der Waals surface area contributed by atoms with Crippen molar-refractivity contribution in [3.05, 3.63) is 98.0 Å². The van der Waals surface area contributed by atoms with E-state index in [0.717, 1.165) is 0 Å². The molecule has 1 heteroatoms. The van der Waals surface area contributed by atoms with Crippen molar-refractivity contribution in [2.75, 3.05) is 0 Å². The lowest BCUT2D eigenvalue weighted by molar-refractivity contribution is 0.618. The third kappa shape index (κ3) is 2.79. The van der Waals surface area contributed by atoms with E-state index in [-0.39, 0.29) is 0 Å². The Morgan fingerprint density at radius 1 is 0.714 bits per heavy atom. The highest BCUT2D eigenvalue weighted by atomic mass is 79.9. The lowest BCUT2D eigenvalue weighted by Crippen LogP contribution is -2.03. The van der Waals surface area contributed by atoms with Crippen molar-refractivity contribution in [3.8, 4) is 11.1 Å². The average molecular weight is 429 g/mol. The lowest BCUT2D eigenvalue weighted by Gasteiger charge is -2.19. The normalized spacial score (nSPS) is 17.3. The van der Waals surface area contributed by atoms with Crippen LogP contribution >= 0.6 is 15.9 Å². The number of rotatable bonds is 3. The molecule has 3 aromatic carbocycles. The fourth-order valence-electron chi connectivity index (χ4n) is 5.19. The Hall–Kier alpha value is -2.12. The lowest BCUT2D eigenvalue weighted by atomic mass is 9.85. The van der Waals surface area contributed by atoms with Gasteiger partial charge in [-0.3, -0.25) is 0 Å². The maximum absolute atomic E-state index is 3.73. The van der Waals surface area contributed by atoms with Crippen LogP contribution in [0.25, 0.3) is 17.2 Å². The second-order valence-electron chi connectivity index (χ2n) is 8.50. The Balaban J connectivity index is 1.49. The van der Waals surface area contributed by atoms with E-state index in [1.165, 1.54) is 67.4 Å². The van der Waals surface area contributed by atoms with Crippen LogP contribution in [0.2, 0.25) is 0 Å². The van der Waals surface area contributed by atoms with Gasteiger partial charge in [-0.2, -0.15) is 0 Å². The molecule has 2 aliphatic rings. The predicted molar refractivity (Wildman–Crippen MR) is 123 cm³/mol. The minimum atomic E-state index is 0.509. The fourth-order valence-corrected chi connectivity index (χ4v) is 5.69. The van der Waals surface area contributed by atoms with Crippen molar-refractivity contribution in [1.82, 2.24) is 0 Å². The van der Waals surface area contributed by atoms with Gasteiger partial charge in [0.25, 0.3) is 0 Å². The van der Waals surface area contributed by atoms with E-state index in [4.69, 9.17) is 0 Å². The molecule has 0 radical (unpaired) electrons. The smallest absolute Gasteiger partial charge is 0.0250 e. The maximum atomic E-state index is 3.73. The third-order valence-electron chi connectivity index (χ3n) is 6.59. The Labute approximate surface area is 176 Å². The summed E-state index contributed by atoms with van der Waals surface area (Å²) in [5.74, 6) is 1.05. The van der Waals surface area contributed by atoms with Gasteiger partial charge in [-0.05, 0) is 73.1 Å². The first kappa shape index (κ1) is 17.9. The Bertz CT molecular complexity index is 1070. The predicted octanol–water partition coefficient (Wildman–Crippen LogP) is 8.16. The maximum Gasteiger partial charge on any atom is 0.0250 e. The molecule has 0 saturated carbocycles. The van der Waals surface area contributed by atoms with E-state index < -0.39 is 0 Å². The highest BCUT2D eigenvalue weighted by Crippen LogP contribution is 2.50. The Kier molecular flexibility index (Phi) is 4.32. The molecular formula is C27H25Br. The topological polar surface area (TPSA) is 0 Å². The molecule has 2 aliphatic carbocycles. The number of hydrogen-bond donors (Lipinski definition) is 0. The van der Waals surface area contributed by atoms with Crippen molar-refractivity contribution < 1.29 is 0 Å². The first-order valence-electron chi connectivity index (χ1n) is 10.2. The van der Waals surface area contributed by atoms with Gasteiger partial charge in [0.2, 0.25) is 0 Å². The van der Waals surface area contributed by atoms with Crippen molar-refractivity contribution >= 4 is 22.0 Å². The van der Waals surface area contributed by atoms with Crippen LogP contribution in [-0.4, -0.2) is 0 Å². The molecule has 0 amide bonds. The molecule has 140 valence electrons. The number of allylic oxidation sites excluding steroid dienone is 1. The molecule has 0 heterocycles. The molecule has 3 aromatic rings. The van der Waals surface area contributed by atoms with Gasteiger partial charge in [0.05, 0.1) is 0 Å². The van der Waals surface area contributed by atoms with E-state index in [2.05, 4.69) is 97.4 Å². The number of halogens is 1. The molecule has 0 N–H and O–H groups in total. The van der Waals surface area contributed by atoms with Crippen LogP contribution in [0.5, 0.6) is 0 Å².